The van der Waals surface area contributed by atoms with Crippen LogP contribution in [0.2, 0.25) is 0 Å². The van der Waals surface area contributed by atoms with Gasteiger partial charge in [0.1, 0.15) is 21.0 Å². The van der Waals surface area contributed by atoms with E-state index in [1.165, 1.54) is 38.1 Å². The van der Waals surface area contributed by atoms with Gasteiger partial charge in [0.2, 0.25) is 11.6 Å². The van der Waals surface area contributed by atoms with Crippen molar-refractivity contribution in [3.8, 4) is 11.5 Å². The molecule has 2 aromatic carbocycles. The number of aliphatic hydroxyl groups is 2. The maximum absolute atomic E-state index is 15.0. The summed E-state index contributed by atoms with van der Waals surface area (Å²) in [5.74, 6) is -6.87. The summed E-state index contributed by atoms with van der Waals surface area (Å²) in [5, 5.41) is 46.8. The van der Waals surface area contributed by atoms with Crippen LogP contribution in [-0.2, 0) is 28.5 Å². The van der Waals surface area contributed by atoms with Gasteiger partial charge in [0.05, 0.1) is 62.6 Å². The first-order chi connectivity index (χ1) is 23.0. The zero-order valence-corrected chi connectivity index (χ0v) is 27.7. The van der Waals surface area contributed by atoms with Crippen molar-refractivity contribution in [3.63, 3.8) is 0 Å². The Morgan fingerprint density at radius 1 is 0.714 bits per heavy atom. The van der Waals surface area contributed by atoms with Gasteiger partial charge in [-0.15, -0.1) is 11.8 Å². The summed E-state index contributed by atoms with van der Waals surface area (Å²) < 4.78 is 16.6. The lowest BCUT2D eigenvalue weighted by molar-refractivity contribution is -0.173. The van der Waals surface area contributed by atoms with Crippen LogP contribution in [0.3, 0.4) is 0 Å². The highest BCUT2D eigenvalue weighted by Crippen LogP contribution is 2.64. The fourth-order valence-corrected chi connectivity index (χ4v) is 10.3. The maximum atomic E-state index is 15.0. The highest BCUT2D eigenvalue weighted by molar-refractivity contribution is 8.03. The lowest BCUT2D eigenvalue weighted by Crippen LogP contribution is -2.79. The van der Waals surface area contributed by atoms with E-state index < -0.39 is 128 Å². The number of fused-ring (bicyclic) bond motifs is 4. The largest absolute Gasteiger partial charge is 0.507 e. The SMILES string of the molecule is COC(=O)C[C@H]1C[C@]2(S[C@@]34C[C@H](CC(=O)OC)O[C@@H](C)[C@]3(O)C(=O)c3c(O)cccc3C4=O)C(=O)c3cccc(O)c3C(=O)[C@@]2(O)[C@H](C)O1. The van der Waals surface area contributed by atoms with Crippen molar-refractivity contribution in [1.82, 2.24) is 0 Å². The summed E-state index contributed by atoms with van der Waals surface area (Å²) in [6.45, 7) is 2.57. The minimum Gasteiger partial charge on any atom is -0.507 e. The zero-order valence-electron chi connectivity index (χ0n) is 26.9. The number of benzene rings is 2. The van der Waals surface area contributed by atoms with Crippen LogP contribution in [-0.4, -0.2) is 115 Å². The molecule has 0 spiro atoms. The first-order valence-corrected chi connectivity index (χ1v) is 16.3. The third kappa shape index (κ3) is 4.55. The van der Waals surface area contributed by atoms with Gasteiger partial charge < -0.3 is 39.4 Å². The fourth-order valence-electron chi connectivity index (χ4n) is 7.91. The number of hydrogen-bond acceptors (Lipinski definition) is 15. The van der Waals surface area contributed by atoms with Crippen LogP contribution in [0.4, 0.5) is 0 Å². The number of hydrogen-bond donors (Lipinski definition) is 4. The van der Waals surface area contributed by atoms with Gasteiger partial charge in [-0.25, -0.2) is 0 Å². The van der Waals surface area contributed by atoms with Gasteiger partial charge in [-0.05, 0) is 38.8 Å². The van der Waals surface area contributed by atoms with E-state index in [2.05, 4.69) is 0 Å². The van der Waals surface area contributed by atoms with Crippen LogP contribution in [0.1, 0.15) is 81.0 Å². The Bertz CT molecular complexity index is 1690. The molecule has 0 radical (unpaired) electrons. The first-order valence-electron chi connectivity index (χ1n) is 15.5. The third-order valence-corrected chi connectivity index (χ3v) is 12.3. The molecule has 0 amide bonds. The average Bonchev–Trinajstić information content (AvgIpc) is 3.06. The number of esters is 2. The quantitative estimate of drug-likeness (QED) is 0.316. The number of carbonyl (C=O) groups excluding carboxylic acids is 6. The second-order valence-corrected chi connectivity index (χ2v) is 14.4. The predicted octanol–water partition coefficient (Wildman–Crippen LogP) is 1.71. The Balaban J connectivity index is 1.66. The summed E-state index contributed by atoms with van der Waals surface area (Å²) in [4.78, 5) is 83.9. The van der Waals surface area contributed by atoms with Crippen LogP contribution in [0.15, 0.2) is 36.4 Å². The normalized spacial score (nSPS) is 35.1. The molecule has 15 heteroatoms. The van der Waals surface area contributed by atoms with Gasteiger partial charge in [-0.3, -0.25) is 28.8 Å². The molecule has 0 bridgehead atoms. The van der Waals surface area contributed by atoms with Crippen molar-refractivity contribution in [3.05, 3.63) is 58.7 Å². The van der Waals surface area contributed by atoms with Gasteiger partial charge in [0.25, 0.3) is 0 Å². The number of ketones is 4. The molecule has 4 N–H and O–H groups in total. The van der Waals surface area contributed by atoms with Gasteiger partial charge in [0.15, 0.2) is 22.8 Å². The topological polar surface area (TPSA) is 220 Å². The first kappa shape index (κ1) is 34.7. The lowest BCUT2D eigenvalue weighted by atomic mass is 9.63. The Hall–Kier alpha value is -4.15. The Labute approximate surface area is 283 Å². The second-order valence-electron chi connectivity index (χ2n) is 12.8. The molecule has 0 unspecified atom stereocenters. The Morgan fingerprint density at radius 3 is 1.43 bits per heavy atom. The second kappa shape index (κ2) is 11.7. The molecule has 2 aliphatic heterocycles. The molecular formula is C34H34O14S. The van der Waals surface area contributed by atoms with Gasteiger partial charge >= 0.3 is 11.9 Å². The number of aromatic hydroxyl groups is 2. The van der Waals surface area contributed by atoms with Crippen molar-refractivity contribution in [2.75, 3.05) is 14.2 Å². The molecular weight excluding hydrogens is 664 g/mol. The number of carbonyl (C=O) groups is 6. The average molecular weight is 699 g/mol. The standard InChI is InChI=1S/C34H34O14S/c1-15-33(43)29(41)25-19(7-5-9-21(25)35)27(39)31(33,13-17(47-15)11-23(37)45-3)49-32-14-18(12-24(38)46-4)48-16(2)34(32,44)30(42)26-20(28(32)40)8-6-10-22(26)36/h5-10,15-18,35-36,43-44H,11-14H2,1-4H3/t15-,16-,17-,18-,31-,32+,33-,34-/m0/s1. The number of Topliss-reactive ketones (excluding diaryl/α,β-unsaturated/α-hetero) is 4. The molecule has 2 heterocycles. The molecule has 4 aliphatic rings. The highest BCUT2D eigenvalue weighted by Gasteiger charge is 2.78. The summed E-state index contributed by atoms with van der Waals surface area (Å²) in [7, 11) is 2.26. The van der Waals surface area contributed by atoms with E-state index in [1.54, 1.807) is 0 Å². The van der Waals surface area contributed by atoms with E-state index in [1.807, 2.05) is 0 Å². The van der Waals surface area contributed by atoms with Crippen molar-refractivity contribution >= 4 is 46.8 Å². The molecule has 49 heavy (non-hydrogen) atoms. The number of thioether (sulfide) groups is 1. The van der Waals surface area contributed by atoms with Crippen molar-refractivity contribution in [1.29, 1.82) is 0 Å². The van der Waals surface area contributed by atoms with Crippen molar-refractivity contribution in [2.45, 2.75) is 84.6 Å². The number of ether oxygens (including phenoxy) is 4. The van der Waals surface area contributed by atoms with Crippen LogP contribution in [0.5, 0.6) is 11.5 Å². The molecule has 8 atom stereocenters. The van der Waals surface area contributed by atoms with Crippen LogP contribution >= 0.6 is 11.8 Å². The number of phenolic OH excluding ortho intramolecular Hbond substituents is 2. The van der Waals surface area contributed by atoms with Crippen molar-refractivity contribution in [2.24, 2.45) is 0 Å². The third-order valence-electron chi connectivity index (χ3n) is 10.3. The number of phenols is 2. The van der Waals surface area contributed by atoms with E-state index in [0.29, 0.717) is 11.8 Å². The fraction of sp³-hybridized carbons (Fsp3) is 0.471. The predicted molar refractivity (Wildman–Crippen MR) is 168 cm³/mol. The van der Waals surface area contributed by atoms with E-state index in [9.17, 15) is 39.6 Å². The smallest absolute Gasteiger partial charge is 0.308 e. The summed E-state index contributed by atoms with van der Waals surface area (Å²) in [6, 6.07) is 7.44. The molecule has 0 saturated carbocycles. The summed E-state index contributed by atoms with van der Waals surface area (Å²) in [6.07, 6.45) is -7.60. The van der Waals surface area contributed by atoms with Crippen LogP contribution in [0.25, 0.3) is 0 Å². The molecule has 14 nitrogen and oxygen atoms in total. The minimum absolute atomic E-state index is 0.313. The highest BCUT2D eigenvalue weighted by atomic mass is 32.2. The molecule has 2 saturated heterocycles. The minimum atomic E-state index is -2.86. The molecule has 2 aliphatic carbocycles. The monoisotopic (exact) mass is 698 g/mol. The summed E-state index contributed by atoms with van der Waals surface area (Å²) in [5.41, 5.74) is -7.33. The van der Waals surface area contributed by atoms with E-state index in [4.69, 9.17) is 18.9 Å². The molecule has 2 fully saturated rings. The van der Waals surface area contributed by atoms with Crippen LogP contribution < -0.4 is 0 Å². The molecule has 2 aromatic rings. The Morgan fingerprint density at radius 2 is 1.08 bits per heavy atom. The van der Waals surface area contributed by atoms with Gasteiger partial charge in [-0.2, -0.15) is 0 Å². The van der Waals surface area contributed by atoms with E-state index in [0.717, 1.165) is 26.4 Å². The van der Waals surface area contributed by atoms with Gasteiger partial charge in [0, 0.05) is 11.1 Å². The number of rotatable bonds is 6. The van der Waals surface area contributed by atoms with Crippen molar-refractivity contribution < 1.29 is 68.1 Å². The maximum Gasteiger partial charge on any atom is 0.308 e. The molecule has 6 rings (SSSR count). The zero-order chi connectivity index (χ0) is 35.8. The van der Waals surface area contributed by atoms with Crippen LogP contribution in [0, 0.1) is 0 Å². The Kier molecular flexibility index (Phi) is 8.31. The molecule has 260 valence electrons. The lowest BCUT2D eigenvalue weighted by Gasteiger charge is -2.61. The van der Waals surface area contributed by atoms with E-state index >= 15 is 9.59 Å². The summed E-state index contributed by atoms with van der Waals surface area (Å²) >= 11 is 0.381. The molecule has 0 aromatic heterocycles. The van der Waals surface area contributed by atoms with E-state index in [-0.39, 0.29) is 11.1 Å². The number of methoxy groups -OCH3 is 2. The van der Waals surface area contributed by atoms with Gasteiger partial charge in [-0.1, -0.05) is 24.3 Å².